The summed E-state index contributed by atoms with van der Waals surface area (Å²) in [5.74, 6) is 1.70. The molecule has 2 aliphatic heterocycles. The summed E-state index contributed by atoms with van der Waals surface area (Å²) >= 11 is 1.54. The molecule has 2 aliphatic rings. The van der Waals surface area contributed by atoms with Crippen LogP contribution in [0.15, 0.2) is 17.5 Å². The van der Waals surface area contributed by atoms with Gasteiger partial charge in [-0.05, 0) is 42.8 Å². The molecule has 3 nitrogen and oxygen atoms in total. The minimum Gasteiger partial charge on any atom is -0.338 e. The van der Waals surface area contributed by atoms with Gasteiger partial charge in [-0.1, -0.05) is 6.07 Å². The highest BCUT2D eigenvalue weighted by Gasteiger charge is 2.34. The second-order valence-corrected chi connectivity index (χ2v) is 5.64. The van der Waals surface area contributed by atoms with Crippen LogP contribution in [0.5, 0.6) is 0 Å². The molecular formula is C12H16N2OS. The standard InChI is InChI=1S/C12H16N2OS/c15-12(11-2-1-5-16-11)14-4-3-9-6-13-7-10(9)8-14/h1-2,5,9-10,13H,3-4,6-8H2. The third-order valence-electron chi connectivity index (χ3n) is 3.72. The van der Waals surface area contributed by atoms with Crippen molar-refractivity contribution in [1.82, 2.24) is 10.2 Å². The molecule has 3 rings (SSSR count). The Morgan fingerprint density at radius 1 is 1.44 bits per heavy atom. The maximum absolute atomic E-state index is 12.2. The van der Waals surface area contributed by atoms with Gasteiger partial charge in [0.25, 0.3) is 5.91 Å². The number of hydrogen-bond donors (Lipinski definition) is 1. The van der Waals surface area contributed by atoms with Crippen LogP contribution in [0, 0.1) is 11.8 Å². The van der Waals surface area contributed by atoms with E-state index >= 15 is 0 Å². The summed E-state index contributed by atoms with van der Waals surface area (Å²) in [4.78, 5) is 15.1. The van der Waals surface area contributed by atoms with Crippen LogP contribution in [-0.2, 0) is 0 Å². The average molecular weight is 236 g/mol. The van der Waals surface area contributed by atoms with E-state index in [4.69, 9.17) is 0 Å². The lowest BCUT2D eigenvalue weighted by molar-refractivity contribution is 0.0647. The summed E-state index contributed by atoms with van der Waals surface area (Å²) in [5.41, 5.74) is 0. The molecule has 0 saturated carbocycles. The first-order valence-electron chi connectivity index (χ1n) is 5.88. The van der Waals surface area contributed by atoms with Crippen LogP contribution < -0.4 is 5.32 Å². The van der Waals surface area contributed by atoms with Crippen LogP contribution in [-0.4, -0.2) is 37.0 Å². The number of hydrogen-bond acceptors (Lipinski definition) is 3. The molecule has 1 amide bonds. The molecule has 2 atom stereocenters. The SMILES string of the molecule is O=C(c1cccs1)N1CCC2CNCC2C1. The Morgan fingerprint density at radius 2 is 2.31 bits per heavy atom. The Kier molecular flexibility index (Phi) is 2.69. The lowest BCUT2D eigenvalue weighted by Crippen LogP contribution is -2.43. The number of nitrogens with zero attached hydrogens (tertiary/aromatic N) is 1. The predicted octanol–water partition coefficient (Wildman–Crippen LogP) is 1.43. The Labute approximate surface area is 99.5 Å². The van der Waals surface area contributed by atoms with Gasteiger partial charge in [0.15, 0.2) is 0 Å². The number of amides is 1. The van der Waals surface area contributed by atoms with Gasteiger partial charge in [0.05, 0.1) is 4.88 Å². The summed E-state index contributed by atoms with van der Waals surface area (Å²) in [6.45, 7) is 4.10. The van der Waals surface area contributed by atoms with E-state index < -0.39 is 0 Å². The van der Waals surface area contributed by atoms with Crippen molar-refractivity contribution in [3.8, 4) is 0 Å². The van der Waals surface area contributed by atoms with Gasteiger partial charge in [-0.3, -0.25) is 4.79 Å². The number of fused-ring (bicyclic) bond motifs is 1. The number of nitrogens with one attached hydrogen (secondary N) is 1. The zero-order valence-electron chi connectivity index (χ0n) is 9.19. The van der Waals surface area contributed by atoms with E-state index in [-0.39, 0.29) is 5.91 Å². The van der Waals surface area contributed by atoms with Crippen molar-refractivity contribution < 1.29 is 4.79 Å². The Hall–Kier alpha value is -0.870. The largest absolute Gasteiger partial charge is 0.338 e. The molecule has 2 unspecified atom stereocenters. The van der Waals surface area contributed by atoms with E-state index in [0.717, 1.165) is 43.4 Å². The summed E-state index contributed by atoms with van der Waals surface area (Å²) in [6.07, 6.45) is 1.16. The Bertz CT molecular complexity index is 376. The van der Waals surface area contributed by atoms with Crippen molar-refractivity contribution in [2.45, 2.75) is 6.42 Å². The van der Waals surface area contributed by atoms with Crippen LogP contribution in [0.1, 0.15) is 16.1 Å². The number of likely N-dealkylation sites (tertiary alicyclic amines) is 1. The highest BCUT2D eigenvalue weighted by Crippen LogP contribution is 2.27. The first-order valence-corrected chi connectivity index (χ1v) is 6.76. The maximum atomic E-state index is 12.2. The first-order chi connectivity index (χ1) is 7.84. The lowest BCUT2D eigenvalue weighted by atomic mass is 9.88. The highest BCUT2D eigenvalue weighted by molar-refractivity contribution is 7.12. The average Bonchev–Trinajstić information content (AvgIpc) is 2.98. The molecule has 86 valence electrons. The normalized spacial score (nSPS) is 29.1. The van der Waals surface area contributed by atoms with Crippen LogP contribution in [0.3, 0.4) is 0 Å². The number of carbonyl (C=O) groups is 1. The number of thiophene rings is 1. The molecular weight excluding hydrogens is 220 g/mol. The van der Waals surface area contributed by atoms with Gasteiger partial charge >= 0.3 is 0 Å². The van der Waals surface area contributed by atoms with Crippen molar-refractivity contribution in [2.24, 2.45) is 11.8 Å². The van der Waals surface area contributed by atoms with E-state index in [9.17, 15) is 4.79 Å². The van der Waals surface area contributed by atoms with Gasteiger partial charge < -0.3 is 10.2 Å². The van der Waals surface area contributed by atoms with Gasteiger partial charge in [-0.25, -0.2) is 0 Å². The lowest BCUT2D eigenvalue weighted by Gasteiger charge is -2.34. The first kappa shape index (κ1) is 10.3. The van der Waals surface area contributed by atoms with Crippen molar-refractivity contribution in [3.05, 3.63) is 22.4 Å². The molecule has 1 aromatic heterocycles. The monoisotopic (exact) mass is 236 g/mol. The van der Waals surface area contributed by atoms with Crippen LogP contribution >= 0.6 is 11.3 Å². The highest BCUT2D eigenvalue weighted by atomic mass is 32.1. The van der Waals surface area contributed by atoms with Crippen molar-refractivity contribution in [1.29, 1.82) is 0 Å². The zero-order chi connectivity index (χ0) is 11.0. The third-order valence-corrected chi connectivity index (χ3v) is 4.58. The van der Waals surface area contributed by atoms with Crippen molar-refractivity contribution in [3.63, 3.8) is 0 Å². The van der Waals surface area contributed by atoms with E-state index in [0.29, 0.717) is 5.92 Å². The quantitative estimate of drug-likeness (QED) is 0.800. The molecule has 3 heterocycles. The second kappa shape index (κ2) is 4.18. The van der Waals surface area contributed by atoms with Crippen molar-refractivity contribution >= 4 is 17.2 Å². The van der Waals surface area contributed by atoms with Gasteiger partial charge in [0.1, 0.15) is 0 Å². The summed E-state index contributed by atoms with van der Waals surface area (Å²) < 4.78 is 0. The van der Waals surface area contributed by atoms with Gasteiger partial charge in [0, 0.05) is 13.1 Å². The fourth-order valence-corrected chi connectivity index (χ4v) is 3.47. The Balaban J connectivity index is 1.70. The minimum atomic E-state index is 0.223. The molecule has 0 radical (unpaired) electrons. The molecule has 0 spiro atoms. The molecule has 0 aliphatic carbocycles. The Morgan fingerprint density at radius 3 is 3.12 bits per heavy atom. The second-order valence-electron chi connectivity index (χ2n) is 4.70. The van der Waals surface area contributed by atoms with Crippen LogP contribution in [0.2, 0.25) is 0 Å². The maximum Gasteiger partial charge on any atom is 0.263 e. The van der Waals surface area contributed by atoms with Crippen molar-refractivity contribution in [2.75, 3.05) is 26.2 Å². The zero-order valence-corrected chi connectivity index (χ0v) is 10.0. The number of rotatable bonds is 1. The molecule has 2 saturated heterocycles. The van der Waals surface area contributed by atoms with E-state index in [1.54, 1.807) is 11.3 Å². The molecule has 16 heavy (non-hydrogen) atoms. The molecule has 4 heteroatoms. The fraction of sp³-hybridized carbons (Fsp3) is 0.583. The molecule has 0 bridgehead atoms. The minimum absolute atomic E-state index is 0.223. The van der Waals surface area contributed by atoms with E-state index in [1.807, 2.05) is 22.4 Å². The molecule has 2 fully saturated rings. The third kappa shape index (κ3) is 1.76. The van der Waals surface area contributed by atoms with Gasteiger partial charge in [-0.15, -0.1) is 11.3 Å². The number of piperidine rings is 1. The van der Waals surface area contributed by atoms with Crippen LogP contribution in [0.25, 0.3) is 0 Å². The molecule has 1 N–H and O–H groups in total. The molecule has 1 aromatic rings. The summed E-state index contributed by atoms with van der Waals surface area (Å²) in [7, 11) is 0. The summed E-state index contributed by atoms with van der Waals surface area (Å²) in [6, 6.07) is 3.87. The van der Waals surface area contributed by atoms with Crippen LogP contribution in [0.4, 0.5) is 0 Å². The van der Waals surface area contributed by atoms with E-state index in [2.05, 4.69) is 5.32 Å². The van der Waals surface area contributed by atoms with Gasteiger partial charge in [-0.2, -0.15) is 0 Å². The summed E-state index contributed by atoms with van der Waals surface area (Å²) in [5, 5.41) is 5.39. The number of carbonyl (C=O) groups excluding carboxylic acids is 1. The molecule has 0 aromatic carbocycles. The van der Waals surface area contributed by atoms with E-state index in [1.165, 1.54) is 0 Å². The predicted molar refractivity (Wildman–Crippen MR) is 64.7 cm³/mol. The smallest absolute Gasteiger partial charge is 0.263 e. The van der Waals surface area contributed by atoms with Gasteiger partial charge in [0.2, 0.25) is 0 Å². The fourth-order valence-electron chi connectivity index (χ4n) is 2.78. The topological polar surface area (TPSA) is 32.3 Å².